The zero-order chi connectivity index (χ0) is 18.1. The number of carbonyl (C=O) groups is 3. The molecule has 2 heterocycles. The summed E-state index contributed by atoms with van der Waals surface area (Å²) in [5.74, 6) is -2.16. The fourth-order valence-electron chi connectivity index (χ4n) is 2.09. The average molecular weight is 360 g/mol. The van der Waals surface area contributed by atoms with Gasteiger partial charge in [0, 0.05) is 6.08 Å². The summed E-state index contributed by atoms with van der Waals surface area (Å²) >= 11 is 0.652. The molecule has 3 rings (SSSR count). The van der Waals surface area contributed by atoms with Crippen molar-refractivity contribution in [3.05, 3.63) is 62.7 Å². The largest absolute Gasteiger partial charge is 0.478 e. The van der Waals surface area contributed by atoms with Crippen LogP contribution in [-0.2, 0) is 4.79 Å². The monoisotopic (exact) mass is 360 g/mol. The zero-order valence-corrected chi connectivity index (χ0v) is 13.1. The van der Waals surface area contributed by atoms with Crippen molar-refractivity contribution in [2.24, 2.45) is 0 Å². The van der Waals surface area contributed by atoms with Crippen molar-refractivity contribution in [2.75, 3.05) is 4.90 Å². The molecule has 0 bridgehead atoms. The summed E-state index contributed by atoms with van der Waals surface area (Å²) < 4.78 is 4.94. The first kappa shape index (κ1) is 16.5. The molecule has 1 N–H and O–H groups in total. The minimum atomic E-state index is -1.13. The third-order valence-electron chi connectivity index (χ3n) is 3.23. The van der Waals surface area contributed by atoms with E-state index in [4.69, 9.17) is 9.52 Å². The third-order valence-corrected chi connectivity index (χ3v) is 4.10. The number of rotatable bonds is 4. The summed E-state index contributed by atoms with van der Waals surface area (Å²) in [6.45, 7) is 0. The summed E-state index contributed by atoms with van der Waals surface area (Å²) in [4.78, 5) is 46.1. The van der Waals surface area contributed by atoms with E-state index in [2.05, 4.69) is 0 Å². The number of amides is 2. The second-order valence-electron chi connectivity index (χ2n) is 4.80. The summed E-state index contributed by atoms with van der Waals surface area (Å²) in [7, 11) is 0. The van der Waals surface area contributed by atoms with Crippen LogP contribution in [0.25, 0.3) is 6.08 Å². The van der Waals surface area contributed by atoms with Crippen LogP contribution in [0.2, 0.25) is 0 Å². The summed E-state index contributed by atoms with van der Waals surface area (Å²) in [6, 6.07) is 7.70. The molecule has 9 nitrogen and oxygen atoms in total. The number of nitrogens with zero attached hydrogens (tertiary/aromatic N) is 2. The Morgan fingerprint density at radius 2 is 1.88 bits per heavy atom. The Labute approximate surface area is 143 Å². The van der Waals surface area contributed by atoms with Gasteiger partial charge in [-0.3, -0.25) is 19.7 Å². The van der Waals surface area contributed by atoms with Gasteiger partial charge in [-0.15, -0.1) is 0 Å². The molecule has 1 aliphatic heterocycles. The molecule has 1 saturated heterocycles. The lowest BCUT2D eigenvalue weighted by Gasteiger charge is -2.12. The van der Waals surface area contributed by atoms with Gasteiger partial charge in [-0.05, 0) is 42.1 Å². The van der Waals surface area contributed by atoms with Crippen molar-refractivity contribution >= 4 is 46.5 Å². The van der Waals surface area contributed by atoms with Gasteiger partial charge >= 0.3 is 11.9 Å². The van der Waals surface area contributed by atoms with Crippen molar-refractivity contribution in [2.45, 2.75) is 0 Å². The van der Waals surface area contributed by atoms with Crippen molar-refractivity contribution in [1.82, 2.24) is 0 Å². The zero-order valence-electron chi connectivity index (χ0n) is 12.2. The summed E-state index contributed by atoms with van der Waals surface area (Å²) in [5.41, 5.74) is 0.246. The number of carbonyl (C=O) groups excluding carboxylic acids is 2. The number of nitro groups is 1. The number of aromatic carboxylic acids is 1. The fraction of sp³-hybridized carbons (Fsp3) is 0. The van der Waals surface area contributed by atoms with E-state index in [1.807, 2.05) is 0 Å². The third kappa shape index (κ3) is 3.15. The normalized spacial score (nSPS) is 15.8. The number of imide groups is 1. The molecule has 126 valence electrons. The van der Waals surface area contributed by atoms with E-state index >= 15 is 0 Å². The molecule has 25 heavy (non-hydrogen) atoms. The Kier molecular flexibility index (Phi) is 4.11. The number of hydrogen-bond donors (Lipinski definition) is 1. The van der Waals surface area contributed by atoms with E-state index < -0.39 is 27.9 Å². The lowest BCUT2D eigenvalue weighted by Crippen LogP contribution is -2.27. The molecule has 0 aliphatic carbocycles. The molecule has 0 atom stereocenters. The average Bonchev–Trinajstić information content (AvgIpc) is 3.13. The van der Waals surface area contributed by atoms with Crippen molar-refractivity contribution in [3.8, 4) is 0 Å². The highest BCUT2D eigenvalue weighted by atomic mass is 32.2. The van der Waals surface area contributed by atoms with Crippen LogP contribution in [0, 0.1) is 10.1 Å². The minimum Gasteiger partial charge on any atom is -0.478 e. The lowest BCUT2D eigenvalue weighted by molar-refractivity contribution is -0.402. The number of furan rings is 1. The maximum Gasteiger partial charge on any atom is 0.433 e. The molecular weight excluding hydrogens is 352 g/mol. The van der Waals surface area contributed by atoms with Crippen molar-refractivity contribution in [1.29, 1.82) is 0 Å². The number of carboxylic acids is 1. The van der Waals surface area contributed by atoms with Gasteiger partial charge in [-0.2, -0.15) is 0 Å². The fourth-order valence-corrected chi connectivity index (χ4v) is 2.91. The van der Waals surface area contributed by atoms with Gasteiger partial charge in [0.05, 0.1) is 22.2 Å². The van der Waals surface area contributed by atoms with Crippen LogP contribution in [-0.4, -0.2) is 27.1 Å². The Bertz CT molecular complexity index is 930. The molecule has 0 unspecified atom stereocenters. The first-order chi connectivity index (χ1) is 11.9. The van der Waals surface area contributed by atoms with Crippen LogP contribution in [0.5, 0.6) is 0 Å². The first-order valence-electron chi connectivity index (χ1n) is 6.72. The van der Waals surface area contributed by atoms with E-state index in [1.54, 1.807) is 0 Å². The van der Waals surface area contributed by atoms with Gasteiger partial charge in [-0.1, -0.05) is 0 Å². The van der Waals surface area contributed by atoms with Crippen LogP contribution in [0.4, 0.5) is 16.4 Å². The molecule has 10 heteroatoms. The van der Waals surface area contributed by atoms with Crippen molar-refractivity contribution < 1.29 is 28.8 Å². The number of hydrogen-bond acceptors (Lipinski definition) is 7. The minimum absolute atomic E-state index is 0.0224. The van der Waals surface area contributed by atoms with Crippen molar-refractivity contribution in [3.63, 3.8) is 0 Å². The molecule has 1 aromatic carbocycles. The van der Waals surface area contributed by atoms with E-state index in [0.29, 0.717) is 11.8 Å². The van der Waals surface area contributed by atoms with Gasteiger partial charge < -0.3 is 9.52 Å². The number of anilines is 1. The van der Waals surface area contributed by atoms with E-state index in [9.17, 15) is 24.5 Å². The van der Waals surface area contributed by atoms with Gasteiger partial charge in [-0.25, -0.2) is 9.69 Å². The van der Waals surface area contributed by atoms with Crippen LogP contribution < -0.4 is 4.90 Å². The Morgan fingerprint density at radius 1 is 1.20 bits per heavy atom. The van der Waals surface area contributed by atoms with E-state index in [1.165, 1.54) is 36.4 Å². The van der Waals surface area contributed by atoms with E-state index in [-0.39, 0.29) is 21.9 Å². The quantitative estimate of drug-likeness (QED) is 0.500. The van der Waals surface area contributed by atoms with Crippen LogP contribution >= 0.6 is 11.8 Å². The van der Waals surface area contributed by atoms with Gasteiger partial charge in [0.2, 0.25) is 0 Å². The summed E-state index contributed by atoms with van der Waals surface area (Å²) in [5, 5.41) is 18.9. The van der Waals surface area contributed by atoms with Crippen LogP contribution in [0.15, 0.2) is 45.7 Å². The number of benzene rings is 1. The highest BCUT2D eigenvalue weighted by molar-refractivity contribution is 8.19. The smallest absolute Gasteiger partial charge is 0.433 e. The maximum absolute atomic E-state index is 12.4. The number of thioether (sulfide) groups is 1. The standard InChI is InChI=1S/C15H8N2O7S/c18-13-11(7-10-5-6-12(24-10)17(22)23)25-15(21)16(13)9-3-1-8(2-4-9)14(19)20/h1-7H,(H,19,20)/b11-7-. The predicted octanol–water partition coefficient (Wildman–Crippen LogP) is 3.13. The summed E-state index contributed by atoms with van der Waals surface area (Å²) in [6.07, 6.45) is 1.24. The second kappa shape index (κ2) is 6.24. The Morgan fingerprint density at radius 3 is 2.44 bits per heavy atom. The molecule has 0 spiro atoms. The molecule has 1 fully saturated rings. The highest BCUT2D eigenvalue weighted by Crippen LogP contribution is 2.36. The van der Waals surface area contributed by atoms with E-state index in [0.717, 1.165) is 11.0 Å². The van der Waals surface area contributed by atoms with Crippen LogP contribution in [0.1, 0.15) is 16.1 Å². The van der Waals surface area contributed by atoms with Gasteiger partial charge in [0.25, 0.3) is 11.1 Å². The topological polar surface area (TPSA) is 131 Å². The van der Waals surface area contributed by atoms with Crippen LogP contribution in [0.3, 0.4) is 0 Å². The Balaban J connectivity index is 1.87. The second-order valence-corrected chi connectivity index (χ2v) is 5.80. The Hall–Kier alpha value is -3.40. The molecular formula is C15H8N2O7S. The molecule has 0 saturated carbocycles. The molecule has 1 aliphatic rings. The first-order valence-corrected chi connectivity index (χ1v) is 7.54. The number of carboxylic acid groups (broad SMARTS) is 1. The molecule has 0 radical (unpaired) electrons. The maximum atomic E-state index is 12.4. The SMILES string of the molecule is O=C(O)c1ccc(N2C(=O)S/C(=C\c3ccc([N+](=O)[O-])o3)C2=O)cc1. The molecule has 2 aromatic rings. The molecule has 1 aromatic heterocycles. The van der Waals surface area contributed by atoms with Gasteiger partial charge in [0.1, 0.15) is 10.7 Å². The lowest BCUT2D eigenvalue weighted by atomic mass is 10.2. The highest BCUT2D eigenvalue weighted by Gasteiger charge is 2.36. The predicted molar refractivity (Wildman–Crippen MR) is 87.2 cm³/mol. The molecule has 2 amide bonds. The van der Waals surface area contributed by atoms with Gasteiger partial charge in [0.15, 0.2) is 0 Å².